The highest BCUT2D eigenvalue weighted by Crippen LogP contribution is 2.31. The number of allylic oxidation sites excluding steroid dienone is 2. The molecule has 0 aromatic heterocycles. The molecule has 0 heterocycles. The normalized spacial score (nSPS) is 14.1. The molecule has 0 unspecified atom stereocenters. The summed E-state index contributed by atoms with van der Waals surface area (Å²) in [5.41, 5.74) is 4.34. The summed E-state index contributed by atoms with van der Waals surface area (Å²) in [6.07, 6.45) is 8.29. The van der Waals surface area contributed by atoms with Crippen LogP contribution in [-0.4, -0.2) is 0 Å². The van der Waals surface area contributed by atoms with Gasteiger partial charge in [0.2, 0.25) is 0 Å². The van der Waals surface area contributed by atoms with Crippen molar-refractivity contribution in [2.75, 3.05) is 0 Å². The maximum atomic E-state index is 2.26. The van der Waals surface area contributed by atoms with E-state index in [4.69, 9.17) is 0 Å². The summed E-state index contributed by atoms with van der Waals surface area (Å²) in [6, 6.07) is 8.63. The van der Waals surface area contributed by atoms with E-state index in [-0.39, 0.29) is 0 Å². The lowest BCUT2D eigenvalue weighted by Crippen LogP contribution is -1.83. The van der Waals surface area contributed by atoms with Crippen LogP contribution in [-0.2, 0) is 0 Å². The summed E-state index contributed by atoms with van der Waals surface area (Å²) in [6.45, 7) is 2.24. The number of fused-ring (bicyclic) bond motifs is 1. The molecule has 0 fully saturated rings. The van der Waals surface area contributed by atoms with Crippen molar-refractivity contribution < 1.29 is 0 Å². The fraction of sp³-hybridized carbons (Fsp3) is 0.308. The Bertz CT molecular complexity index is 321. The van der Waals surface area contributed by atoms with Crippen LogP contribution >= 0.6 is 0 Å². The van der Waals surface area contributed by atoms with Gasteiger partial charge in [0.15, 0.2) is 0 Å². The van der Waals surface area contributed by atoms with Crippen LogP contribution in [0.2, 0.25) is 0 Å². The van der Waals surface area contributed by atoms with Gasteiger partial charge in [-0.1, -0.05) is 43.7 Å². The van der Waals surface area contributed by atoms with Crippen LogP contribution in [0, 0.1) is 6.42 Å². The molecule has 0 spiro atoms. The second-order valence-corrected chi connectivity index (χ2v) is 3.55. The van der Waals surface area contributed by atoms with Gasteiger partial charge in [-0.3, -0.25) is 0 Å². The van der Waals surface area contributed by atoms with Crippen LogP contribution in [0.3, 0.4) is 0 Å². The second-order valence-electron chi connectivity index (χ2n) is 3.55. The Morgan fingerprint density at radius 2 is 2.00 bits per heavy atom. The maximum Gasteiger partial charge on any atom is 0.0134 e. The standard InChI is InChI=1S/C13H15/c1-2-3-6-11-9-10-12-7-4-5-8-13(11)12/h4-5,7-10H,2-3,6H2,1H3. The van der Waals surface area contributed by atoms with Gasteiger partial charge in [0.05, 0.1) is 0 Å². The Balaban J connectivity index is 2.16. The van der Waals surface area contributed by atoms with Gasteiger partial charge in [-0.25, -0.2) is 0 Å². The van der Waals surface area contributed by atoms with Crippen LogP contribution in [0.5, 0.6) is 0 Å². The van der Waals surface area contributed by atoms with Crippen molar-refractivity contribution in [3.05, 3.63) is 47.9 Å². The van der Waals surface area contributed by atoms with E-state index in [1.165, 1.54) is 36.0 Å². The highest BCUT2D eigenvalue weighted by Gasteiger charge is 2.11. The van der Waals surface area contributed by atoms with Crippen molar-refractivity contribution in [2.45, 2.75) is 26.2 Å². The third kappa shape index (κ3) is 1.67. The van der Waals surface area contributed by atoms with Crippen LogP contribution in [0.15, 0.2) is 30.3 Å². The lowest BCUT2D eigenvalue weighted by atomic mass is 10.0. The average Bonchev–Trinajstić information content (AvgIpc) is 2.58. The van der Waals surface area contributed by atoms with Gasteiger partial charge >= 0.3 is 0 Å². The molecule has 1 aliphatic carbocycles. The molecule has 1 radical (unpaired) electrons. The van der Waals surface area contributed by atoms with E-state index in [2.05, 4.69) is 43.7 Å². The quantitative estimate of drug-likeness (QED) is 0.648. The van der Waals surface area contributed by atoms with Crippen molar-refractivity contribution >= 4 is 5.57 Å². The number of rotatable bonds is 3. The largest absolute Gasteiger partial charge is 0.0722 e. The molecule has 0 atom stereocenters. The zero-order chi connectivity index (χ0) is 9.10. The van der Waals surface area contributed by atoms with Crippen LogP contribution in [0.1, 0.15) is 37.3 Å². The zero-order valence-electron chi connectivity index (χ0n) is 8.09. The molecular weight excluding hydrogens is 156 g/mol. The molecule has 0 N–H and O–H groups in total. The van der Waals surface area contributed by atoms with Gasteiger partial charge in [-0.15, -0.1) is 0 Å². The van der Waals surface area contributed by atoms with Crippen LogP contribution < -0.4 is 0 Å². The van der Waals surface area contributed by atoms with E-state index in [0.717, 1.165) is 0 Å². The Labute approximate surface area is 80.3 Å². The van der Waals surface area contributed by atoms with Gasteiger partial charge in [0.25, 0.3) is 0 Å². The minimum absolute atomic E-state index is 1.23. The number of unbranched alkanes of at least 4 members (excludes halogenated alkanes) is 1. The summed E-state index contributed by atoms with van der Waals surface area (Å²) in [7, 11) is 0. The molecule has 13 heavy (non-hydrogen) atoms. The molecule has 2 rings (SSSR count). The first-order chi connectivity index (χ1) is 6.42. The van der Waals surface area contributed by atoms with Crippen molar-refractivity contribution in [3.8, 4) is 0 Å². The van der Waals surface area contributed by atoms with Gasteiger partial charge < -0.3 is 0 Å². The van der Waals surface area contributed by atoms with Crippen molar-refractivity contribution in [2.24, 2.45) is 0 Å². The van der Waals surface area contributed by atoms with E-state index in [0.29, 0.717) is 0 Å². The van der Waals surface area contributed by atoms with Crippen LogP contribution in [0.25, 0.3) is 5.57 Å². The molecule has 1 aromatic carbocycles. The molecule has 0 saturated carbocycles. The Hall–Kier alpha value is -1.04. The van der Waals surface area contributed by atoms with Crippen molar-refractivity contribution in [1.29, 1.82) is 0 Å². The summed E-state index contributed by atoms with van der Waals surface area (Å²) in [5.74, 6) is 0. The fourth-order valence-electron chi connectivity index (χ4n) is 1.80. The van der Waals surface area contributed by atoms with Crippen LogP contribution in [0.4, 0.5) is 0 Å². The first kappa shape index (κ1) is 8.55. The number of hydrogen-bond acceptors (Lipinski definition) is 0. The molecule has 1 aromatic rings. The second kappa shape index (κ2) is 3.78. The van der Waals surface area contributed by atoms with E-state index in [1.807, 2.05) is 0 Å². The van der Waals surface area contributed by atoms with E-state index >= 15 is 0 Å². The molecular formula is C13H15. The first-order valence-corrected chi connectivity index (χ1v) is 5.05. The molecule has 67 valence electrons. The molecule has 0 aliphatic heterocycles. The topological polar surface area (TPSA) is 0 Å². The third-order valence-corrected chi connectivity index (χ3v) is 2.57. The third-order valence-electron chi connectivity index (χ3n) is 2.57. The predicted octanol–water partition coefficient (Wildman–Crippen LogP) is 3.83. The minimum Gasteiger partial charge on any atom is -0.0722 e. The monoisotopic (exact) mass is 171 g/mol. The molecule has 0 nitrogen and oxygen atoms in total. The van der Waals surface area contributed by atoms with Gasteiger partial charge in [-0.2, -0.15) is 0 Å². The SMILES string of the molecule is CCCCC1=C[CH]c2ccccc21. The van der Waals surface area contributed by atoms with E-state index in [9.17, 15) is 0 Å². The Morgan fingerprint density at radius 1 is 1.15 bits per heavy atom. The lowest BCUT2D eigenvalue weighted by Gasteiger charge is -2.03. The summed E-state index contributed by atoms with van der Waals surface area (Å²) >= 11 is 0. The van der Waals surface area contributed by atoms with Gasteiger partial charge in [0, 0.05) is 6.42 Å². The highest BCUT2D eigenvalue weighted by atomic mass is 14.2. The fourth-order valence-corrected chi connectivity index (χ4v) is 1.80. The molecule has 1 aliphatic rings. The number of benzene rings is 1. The van der Waals surface area contributed by atoms with Crippen molar-refractivity contribution in [1.82, 2.24) is 0 Å². The van der Waals surface area contributed by atoms with E-state index < -0.39 is 0 Å². The minimum atomic E-state index is 1.23. The van der Waals surface area contributed by atoms with Gasteiger partial charge in [0.1, 0.15) is 0 Å². The van der Waals surface area contributed by atoms with Crippen molar-refractivity contribution in [3.63, 3.8) is 0 Å². The Kier molecular flexibility index (Phi) is 2.49. The summed E-state index contributed by atoms with van der Waals surface area (Å²) < 4.78 is 0. The zero-order valence-corrected chi connectivity index (χ0v) is 8.09. The average molecular weight is 171 g/mol. The highest BCUT2D eigenvalue weighted by molar-refractivity contribution is 5.76. The molecule has 0 saturated heterocycles. The maximum absolute atomic E-state index is 2.26. The Morgan fingerprint density at radius 3 is 2.85 bits per heavy atom. The lowest BCUT2D eigenvalue weighted by molar-refractivity contribution is 0.825. The smallest absolute Gasteiger partial charge is 0.0134 e. The summed E-state index contributed by atoms with van der Waals surface area (Å²) in [4.78, 5) is 0. The summed E-state index contributed by atoms with van der Waals surface area (Å²) in [5, 5.41) is 0. The molecule has 0 amide bonds. The molecule has 0 bridgehead atoms. The predicted molar refractivity (Wildman–Crippen MR) is 57.3 cm³/mol. The number of hydrogen-bond donors (Lipinski definition) is 0. The first-order valence-electron chi connectivity index (χ1n) is 5.05. The van der Waals surface area contributed by atoms with Gasteiger partial charge in [-0.05, 0) is 29.5 Å². The van der Waals surface area contributed by atoms with E-state index in [1.54, 1.807) is 0 Å². The molecule has 0 heteroatoms.